The summed E-state index contributed by atoms with van der Waals surface area (Å²) < 4.78 is 6.41. The normalized spacial score (nSPS) is 13.6. The maximum Gasteiger partial charge on any atom is 0.356 e. The second kappa shape index (κ2) is 4.92. The monoisotopic (exact) mass is 307 g/mol. The number of ether oxygens (including phenoxy) is 1. The van der Waals surface area contributed by atoms with E-state index < -0.39 is 5.97 Å². The molecule has 2 aromatic heterocycles. The SMILES string of the molecule is COC(=O)c1c2c3c(nc(SC)nc3n1C)NCC(=O)N2. The summed E-state index contributed by atoms with van der Waals surface area (Å²) >= 11 is 1.39. The minimum absolute atomic E-state index is 0.0823. The van der Waals surface area contributed by atoms with Gasteiger partial charge >= 0.3 is 5.97 Å². The fourth-order valence-electron chi connectivity index (χ4n) is 2.32. The Bertz CT molecular complexity index is 770. The Balaban J connectivity index is 2.41. The number of aryl methyl sites for hydroxylation is 1. The van der Waals surface area contributed by atoms with Crippen LogP contribution in [0.15, 0.2) is 5.16 Å². The molecule has 2 aromatic rings. The van der Waals surface area contributed by atoms with E-state index >= 15 is 0 Å². The van der Waals surface area contributed by atoms with Crippen LogP contribution >= 0.6 is 11.8 Å². The average Bonchev–Trinajstić information content (AvgIpc) is 2.65. The molecule has 110 valence electrons. The van der Waals surface area contributed by atoms with E-state index in [2.05, 4.69) is 20.6 Å². The minimum Gasteiger partial charge on any atom is -0.464 e. The predicted octanol–water partition coefficient (Wildman–Crippen LogP) is 0.841. The van der Waals surface area contributed by atoms with Crippen LogP contribution in [0.5, 0.6) is 0 Å². The number of anilines is 2. The number of aromatic nitrogens is 3. The van der Waals surface area contributed by atoms with E-state index in [-0.39, 0.29) is 18.1 Å². The largest absolute Gasteiger partial charge is 0.464 e. The number of carbonyl (C=O) groups is 2. The maximum absolute atomic E-state index is 12.0. The van der Waals surface area contributed by atoms with E-state index in [1.807, 2.05) is 6.26 Å². The van der Waals surface area contributed by atoms with Gasteiger partial charge in [0.15, 0.2) is 10.9 Å². The summed E-state index contributed by atoms with van der Waals surface area (Å²) in [7, 11) is 3.00. The maximum atomic E-state index is 12.0. The van der Waals surface area contributed by atoms with Crippen LogP contribution in [0.2, 0.25) is 0 Å². The summed E-state index contributed by atoms with van der Waals surface area (Å²) in [5.74, 6) is -0.260. The fourth-order valence-corrected chi connectivity index (χ4v) is 2.68. The van der Waals surface area contributed by atoms with Gasteiger partial charge in [0.1, 0.15) is 11.5 Å². The molecule has 0 bridgehead atoms. The van der Waals surface area contributed by atoms with E-state index in [1.54, 1.807) is 11.6 Å². The van der Waals surface area contributed by atoms with Gasteiger partial charge in [-0.2, -0.15) is 0 Å². The first-order valence-electron chi connectivity index (χ1n) is 6.13. The molecule has 0 aliphatic carbocycles. The lowest BCUT2D eigenvalue weighted by atomic mass is 10.2. The quantitative estimate of drug-likeness (QED) is 0.482. The third-order valence-electron chi connectivity index (χ3n) is 3.25. The van der Waals surface area contributed by atoms with E-state index in [9.17, 15) is 9.59 Å². The first kappa shape index (κ1) is 13.7. The topological polar surface area (TPSA) is 98.1 Å². The van der Waals surface area contributed by atoms with Gasteiger partial charge in [-0.25, -0.2) is 14.8 Å². The number of nitrogens with zero attached hydrogens (tertiary/aromatic N) is 3. The van der Waals surface area contributed by atoms with Gasteiger partial charge in [0.05, 0.1) is 24.7 Å². The molecule has 9 heteroatoms. The number of nitrogens with one attached hydrogen (secondary N) is 2. The number of hydrogen-bond acceptors (Lipinski definition) is 7. The molecule has 3 heterocycles. The van der Waals surface area contributed by atoms with Crippen molar-refractivity contribution in [3.05, 3.63) is 5.69 Å². The zero-order chi connectivity index (χ0) is 15.1. The van der Waals surface area contributed by atoms with Crippen molar-refractivity contribution in [1.82, 2.24) is 14.5 Å². The second-order valence-corrected chi connectivity index (χ2v) is 5.21. The highest BCUT2D eigenvalue weighted by Gasteiger charge is 2.29. The summed E-state index contributed by atoms with van der Waals surface area (Å²) in [5, 5.41) is 6.86. The predicted molar refractivity (Wildman–Crippen MR) is 78.7 cm³/mol. The number of thioether (sulfide) groups is 1. The van der Waals surface area contributed by atoms with Gasteiger partial charge < -0.3 is 19.9 Å². The van der Waals surface area contributed by atoms with Crippen LogP contribution in [0, 0.1) is 0 Å². The molecule has 0 aromatic carbocycles. The van der Waals surface area contributed by atoms with E-state index in [0.29, 0.717) is 27.7 Å². The molecule has 0 saturated heterocycles. The highest BCUT2D eigenvalue weighted by Crippen LogP contribution is 2.36. The van der Waals surface area contributed by atoms with Crippen LogP contribution in [-0.2, 0) is 16.6 Å². The van der Waals surface area contributed by atoms with Crippen LogP contribution in [0.3, 0.4) is 0 Å². The second-order valence-electron chi connectivity index (χ2n) is 4.43. The van der Waals surface area contributed by atoms with Crippen molar-refractivity contribution < 1.29 is 14.3 Å². The molecule has 1 aliphatic heterocycles. The summed E-state index contributed by atoms with van der Waals surface area (Å²) in [6.45, 7) is 0.0823. The summed E-state index contributed by atoms with van der Waals surface area (Å²) in [4.78, 5) is 32.6. The average molecular weight is 307 g/mol. The smallest absolute Gasteiger partial charge is 0.356 e. The minimum atomic E-state index is -0.538. The molecule has 0 fully saturated rings. The van der Waals surface area contributed by atoms with Crippen LogP contribution in [-0.4, -0.2) is 46.3 Å². The van der Waals surface area contributed by atoms with Crippen molar-refractivity contribution in [3.8, 4) is 0 Å². The lowest BCUT2D eigenvalue weighted by molar-refractivity contribution is -0.114. The van der Waals surface area contributed by atoms with Gasteiger partial charge in [-0.1, -0.05) is 11.8 Å². The number of rotatable bonds is 2. The van der Waals surface area contributed by atoms with Gasteiger partial charge in [-0.3, -0.25) is 4.79 Å². The third-order valence-corrected chi connectivity index (χ3v) is 3.80. The first-order chi connectivity index (χ1) is 10.1. The van der Waals surface area contributed by atoms with E-state index in [0.717, 1.165) is 0 Å². The third kappa shape index (κ3) is 2.00. The Kier molecular flexibility index (Phi) is 3.20. The standard InChI is InChI=1S/C12H13N5O3S/c1-17-8(11(19)20-2)7-6-9(13-4-5(18)14-7)15-12(21-3)16-10(6)17/h4H2,1-3H3,(H,14,18)(H,13,15,16). The zero-order valence-electron chi connectivity index (χ0n) is 11.7. The van der Waals surface area contributed by atoms with Gasteiger partial charge in [0, 0.05) is 7.05 Å². The molecule has 21 heavy (non-hydrogen) atoms. The van der Waals surface area contributed by atoms with Gasteiger partial charge in [0.25, 0.3) is 0 Å². The molecule has 3 rings (SSSR count). The Morgan fingerprint density at radius 3 is 2.86 bits per heavy atom. The van der Waals surface area contributed by atoms with Crippen molar-refractivity contribution in [2.45, 2.75) is 5.16 Å². The summed E-state index contributed by atoms with van der Waals surface area (Å²) in [6.07, 6.45) is 1.86. The Labute approximate surface area is 124 Å². The van der Waals surface area contributed by atoms with Crippen molar-refractivity contribution in [2.24, 2.45) is 7.05 Å². The van der Waals surface area contributed by atoms with Crippen molar-refractivity contribution in [1.29, 1.82) is 0 Å². The Morgan fingerprint density at radius 2 is 2.19 bits per heavy atom. The van der Waals surface area contributed by atoms with Gasteiger partial charge in [-0.05, 0) is 6.26 Å². The van der Waals surface area contributed by atoms with Crippen LogP contribution in [0.25, 0.3) is 11.0 Å². The van der Waals surface area contributed by atoms with Crippen molar-refractivity contribution in [3.63, 3.8) is 0 Å². The highest BCUT2D eigenvalue weighted by molar-refractivity contribution is 7.98. The number of amides is 1. The number of esters is 1. The molecule has 0 atom stereocenters. The fraction of sp³-hybridized carbons (Fsp3) is 0.333. The lowest BCUT2D eigenvalue weighted by Gasteiger charge is -2.07. The summed E-state index contributed by atoms with van der Waals surface area (Å²) in [5.41, 5.74) is 1.20. The van der Waals surface area contributed by atoms with Gasteiger partial charge in [0.2, 0.25) is 5.91 Å². The van der Waals surface area contributed by atoms with Gasteiger partial charge in [-0.15, -0.1) is 0 Å². The lowest BCUT2D eigenvalue weighted by Crippen LogP contribution is -2.21. The highest BCUT2D eigenvalue weighted by atomic mass is 32.2. The van der Waals surface area contributed by atoms with Crippen molar-refractivity contribution >= 4 is 46.2 Å². The summed E-state index contributed by atoms with van der Waals surface area (Å²) in [6, 6.07) is 0. The first-order valence-corrected chi connectivity index (χ1v) is 7.35. The number of hydrogen-bond donors (Lipinski definition) is 2. The Hall–Kier alpha value is -2.29. The molecular formula is C12H13N5O3S. The number of carbonyl (C=O) groups excluding carboxylic acids is 2. The van der Waals surface area contributed by atoms with Crippen LogP contribution in [0.4, 0.5) is 11.5 Å². The van der Waals surface area contributed by atoms with Crippen LogP contribution < -0.4 is 10.6 Å². The molecular weight excluding hydrogens is 294 g/mol. The van der Waals surface area contributed by atoms with E-state index in [4.69, 9.17) is 4.74 Å². The molecule has 8 nitrogen and oxygen atoms in total. The van der Waals surface area contributed by atoms with Crippen LogP contribution in [0.1, 0.15) is 10.5 Å². The molecule has 0 radical (unpaired) electrons. The number of methoxy groups -OCH3 is 1. The Morgan fingerprint density at radius 1 is 1.43 bits per heavy atom. The molecule has 1 aliphatic rings. The molecule has 0 spiro atoms. The molecule has 2 N–H and O–H groups in total. The van der Waals surface area contributed by atoms with E-state index in [1.165, 1.54) is 18.9 Å². The van der Waals surface area contributed by atoms with Crippen molar-refractivity contribution in [2.75, 3.05) is 30.5 Å². The molecule has 1 amide bonds. The zero-order valence-corrected chi connectivity index (χ0v) is 12.5. The molecule has 0 saturated carbocycles. The molecule has 0 unspecified atom stereocenters.